The molecule has 1 N–H and O–H groups in total. The Morgan fingerprint density at radius 1 is 0.867 bits per heavy atom. The molecule has 2 saturated carbocycles. The van der Waals surface area contributed by atoms with E-state index < -0.39 is 0 Å². The number of hydrogen-bond acceptors (Lipinski definition) is 1. The number of rotatable bonds is 2. The quantitative estimate of drug-likeness (QED) is 0.717. The smallest absolute Gasteiger partial charge is 0.0610 e. The zero-order valence-electron chi connectivity index (χ0n) is 9.50. The predicted octanol–water partition coefficient (Wildman–Crippen LogP) is 3.73. The Morgan fingerprint density at radius 2 is 1.47 bits per heavy atom. The van der Waals surface area contributed by atoms with E-state index >= 15 is 0 Å². The fourth-order valence-electron chi connectivity index (χ4n) is 3.32. The lowest BCUT2D eigenvalue weighted by Gasteiger charge is -2.36. The van der Waals surface area contributed by atoms with Gasteiger partial charge in [-0.05, 0) is 31.6 Å². The first kappa shape index (κ1) is 11.7. The molecule has 3 atom stereocenters. The highest BCUT2D eigenvalue weighted by molar-refractivity contribution is 6.20. The molecule has 15 heavy (non-hydrogen) atoms. The Kier molecular flexibility index (Phi) is 4.33. The number of aliphatic hydroxyl groups is 1. The third-order valence-electron chi connectivity index (χ3n) is 4.30. The minimum atomic E-state index is -0.118. The van der Waals surface area contributed by atoms with Crippen LogP contribution in [0.4, 0.5) is 0 Å². The van der Waals surface area contributed by atoms with Gasteiger partial charge < -0.3 is 5.11 Å². The second-order valence-corrected chi connectivity index (χ2v) is 5.91. The topological polar surface area (TPSA) is 20.2 Å². The van der Waals surface area contributed by atoms with Crippen LogP contribution < -0.4 is 0 Å². The predicted molar refractivity (Wildman–Crippen MR) is 64.2 cm³/mol. The van der Waals surface area contributed by atoms with Gasteiger partial charge in [-0.2, -0.15) is 0 Å². The maximum atomic E-state index is 10.4. The molecule has 0 spiro atoms. The van der Waals surface area contributed by atoms with Gasteiger partial charge in [0.2, 0.25) is 0 Å². The van der Waals surface area contributed by atoms with E-state index in [0.717, 1.165) is 12.8 Å². The Labute approximate surface area is 98.2 Å². The fraction of sp³-hybridized carbons (Fsp3) is 1.00. The minimum Gasteiger partial charge on any atom is -0.392 e. The zero-order valence-corrected chi connectivity index (χ0v) is 10.3. The molecule has 0 heterocycles. The van der Waals surface area contributed by atoms with E-state index in [1.54, 1.807) is 0 Å². The third kappa shape index (κ3) is 2.88. The van der Waals surface area contributed by atoms with Crippen molar-refractivity contribution < 1.29 is 5.11 Å². The van der Waals surface area contributed by atoms with Crippen LogP contribution in [0.1, 0.15) is 57.8 Å². The van der Waals surface area contributed by atoms with Crippen LogP contribution in [0.15, 0.2) is 0 Å². The van der Waals surface area contributed by atoms with Crippen molar-refractivity contribution in [2.45, 2.75) is 69.3 Å². The summed E-state index contributed by atoms with van der Waals surface area (Å²) in [6.45, 7) is 0. The normalized spacial score (nSPS) is 36.4. The molecule has 0 radical (unpaired) electrons. The highest BCUT2D eigenvalue weighted by Gasteiger charge is 2.34. The van der Waals surface area contributed by atoms with Gasteiger partial charge in [0, 0.05) is 11.3 Å². The van der Waals surface area contributed by atoms with Crippen molar-refractivity contribution in [1.82, 2.24) is 0 Å². The van der Waals surface area contributed by atoms with Crippen LogP contribution in [0.5, 0.6) is 0 Å². The highest BCUT2D eigenvalue weighted by Crippen LogP contribution is 2.37. The zero-order chi connectivity index (χ0) is 10.7. The monoisotopic (exact) mass is 230 g/mol. The molecule has 0 aliphatic heterocycles. The van der Waals surface area contributed by atoms with Crippen LogP contribution >= 0.6 is 11.6 Å². The van der Waals surface area contributed by atoms with Crippen LogP contribution in [0.2, 0.25) is 0 Å². The Hall–Kier alpha value is 0.250. The average molecular weight is 231 g/mol. The number of hydrogen-bond donors (Lipinski definition) is 1. The van der Waals surface area contributed by atoms with E-state index in [1.165, 1.54) is 44.9 Å². The average Bonchev–Trinajstić information content (AvgIpc) is 2.30. The fourth-order valence-corrected chi connectivity index (χ4v) is 3.75. The number of halogens is 1. The van der Waals surface area contributed by atoms with Gasteiger partial charge in [-0.1, -0.05) is 32.1 Å². The molecule has 0 amide bonds. The first-order valence-electron chi connectivity index (χ1n) is 6.61. The van der Waals surface area contributed by atoms with Gasteiger partial charge in [0.15, 0.2) is 0 Å². The van der Waals surface area contributed by atoms with Crippen molar-refractivity contribution in [1.29, 1.82) is 0 Å². The molecule has 0 bridgehead atoms. The van der Waals surface area contributed by atoms with Crippen LogP contribution in [-0.2, 0) is 0 Å². The van der Waals surface area contributed by atoms with Gasteiger partial charge in [-0.25, -0.2) is 0 Å². The summed E-state index contributed by atoms with van der Waals surface area (Å²) >= 11 is 6.34. The first-order valence-corrected chi connectivity index (χ1v) is 7.05. The summed E-state index contributed by atoms with van der Waals surface area (Å²) < 4.78 is 0. The summed E-state index contributed by atoms with van der Waals surface area (Å²) in [5.74, 6) is 0.923. The molecule has 0 saturated heterocycles. The lowest BCUT2D eigenvalue weighted by molar-refractivity contribution is 0.0204. The molecule has 2 fully saturated rings. The summed E-state index contributed by atoms with van der Waals surface area (Å²) in [5, 5.41) is 10.6. The number of alkyl halides is 1. The van der Waals surface area contributed by atoms with Gasteiger partial charge in [0.1, 0.15) is 0 Å². The van der Waals surface area contributed by atoms with Crippen molar-refractivity contribution in [3.8, 4) is 0 Å². The summed E-state index contributed by atoms with van der Waals surface area (Å²) in [4.78, 5) is 0. The molecular weight excluding hydrogens is 208 g/mol. The van der Waals surface area contributed by atoms with Crippen molar-refractivity contribution in [2.24, 2.45) is 11.8 Å². The van der Waals surface area contributed by atoms with Crippen molar-refractivity contribution in [2.75, 3.05) is 0 Å². The molecule has 0 aromatic heterocycles. The minimum absolute atomic E-state index is 0.118. The maximum Gasteiger partial charge on any atom is 0.0610 e. The second-order valence-electron chi connectivity index (χ2n) is 5.35. The van der Waals surface area contributed by atoms with Crippen LogP contribution in [0, 0.1) is 11.8 Å². The van der Waals surface area contributed by atoms with E-state index in [4.69, 9.17) is 11.6 Å². The summed E-state index contributed by atoms with van der Waals surface area (Å²) in [7, 11) is 0. The summed E-state index contributed by atoms with van der Waals surface area (Å²) in [5.41, 5.74) is 0. The third-order valence-corrected chi connectivity index (χ3v) is 4.85. The standard InChI is InChI=1S/C13H23ClO/c14-12-9-5-4-8-11(12)13(15)10-6-2-1-3-7-10/h10-13,15H,1-9H2/t11-,12+,13-/m1/s1. The summed E-state index contributed by atoms with van der Waals surface area (Å²) in [6.07, 6.45) is 11.1. The lowest BCUT2D eigenvalue weighted by atomic mass is 9.75. The molecule has 0 aromatic carbocycles. The van der Waals surface area contributed by atoms with E-state index in [-0.39, 0.29) is 11.5 Å². The van der Waals surface area contributed by atoms with Crippen LogP contribution in [0.25, 0.3) is 0 Å². The second kappa shape index (κ2) is 5.54. The number of aliphatic hydroxyl groups excluding tert-OH is 1. The van der Waals surface area contributed by atoms with E-state index in [2.05, 4.69) is 0 Å². The largest absolute Gasteiger partial charge is 0.392 e. The Morgan fingerprint density at radius 3 is 2.13 bits per heavy atom. The maximum absolute atomic E-state index is 10.4. The summed E-state index contributed by atoms with van der Waals surface area (Å²) in [6, 6.07) is 0. The molecule has 2 heteroatoms. The van der Waals surface area contributed by atoms with E-state index in [1.807, 2.05) is 0 Å². The molecule has 0 unspecified atom stereocenters. The van der Waals surface area contributed by atoms with Crippen LogP contribution in [0.3, 0.4) is 0 Å². The lowest BCUT2D eigenvalue weighted by Crippen LogP contribution is -2.37. The van der Waals surface area contributed by atoms with Gasteiger partial charge in [0.05, 0.1) is 6.10 Å². The molecule has 0 aromatic rings. The first-order chi connectivity index (χ1) is 7.29. The van der Waals surface area contributed by atoms with Gasteiger partial charge in [-0.15, -0.1) is 11.6 Å². The molecule has 2 rings (SSSR count). The SMILES string of the molecule is O[C@H](C1CCCCC1)[C@@H]1CCCC[C@@H]1Cl. The van der Waals surface area contributed by atoms with Gasteiger partial charge in [-0.3, -0.25) is 0 Å². The van der Waals surface area contributed by atoms with Gasteiger partial charge >= 0.3 is 0 Å². The van der Waals surface area contributed by atoms with E-state index in [9.17, 15) is 5.11 Å². The molecular formula is C13H23ClO. The Bertz CT molecular complexity index is 189. The molecule has 1 nitrogen and oxygen atoms in total. The van der Waals surface area contributed by atoms with Crippen molar-refractivity contribution >= 4 is 11.6 Å². The van der Waals surface area contributed by atoms with Crippen LogP contribution in [-0.4, -0.2) is 16.6 Å². The van der Waals surface area contributed by atoms with Gasteiger partial charge in [0.25, 0.3) is 0 Å². The highest BCUT2D eigenvalue weighted by atomic mass is 35.5. The van der Waals surface area contributed by atoms with Crippen molar-refractivity contribution in [3.63, 3.8) is 0 Å². The van der Waals surface area contributed by atoms with E-state index in [0.29, 0.717) is 11.8 Å². The molecule has 2 aliphatic rings. The molecule has 2 aliphatic carbocycles. The Balaban J connectivity index is 1.89. The molecule has 88 valence electrons. The van der Waals surface area contributed by atoms with Crippen molar-refractivity contribution in [3.05, 3.63) is 0 Å².